The molecule has 0 saturated carbocycles. The van der Waals surface area contributed by atoms with E-state index in [4.69, 9.17) is 18.9 Å². The van der Waals surface area contributed by atoms with Crippen LogP contribution in [-0.2, 0) is 0 Å². The van der Waals surface area contributed by atoms with Crippen LogP contribution in [0.4, 0.5) is 0 Å². The minimum Gasteiger partial charge on any atom is -0.494 e. The van der Waals surface area contributed by atoms with Gasteiger partial charge in [0.25, 0.3) is 0 Å². The zero-order valence-electron chi connectivity index (χ0n) is 25.5. The summed E-state index contributed by atoms with van der Waals surface area (Å²) in [5.74, 6) is 3.11. The van der Waals surface area contributed by atoms with Crippen molar-refractivity contribution in [3.05, 3.63) is 48.5 Å². The van der Waals surface area contributed by atoms with Gasteiger partial charge in [0.1, 0.15) is 23.0 Å². The molecule has 4 rings (SSSR count). The maximum absolute atomic E-state index is 10.5. The van der Waals surface area contributed by atoms with Crippen LogP contribution in [0.2, 0.25) is 0 Å². The van der Waals surface area contributed by atoms with Crippen LogP contribution in [0.15, 0.2) is 48.5 Å². The van der Waals surface area contributed by atoms with Gasteiger partial charge in [-0.25, -0.2) is 0 Å². The lowest BCUT2D eigenvalue weighted by Gasteiger charge is -2.20. The molecular weight excluding hydrogens is 512 g/mol. The summed E-state index contributed by atoms with van der Waals surface area (Å²) in [5, 5.41) is 16.9. The van der Waals surface area contributed by atoms with Crippen molar-refractivity contribution < 1.29 is 24.1 Å². The van der Waals surface area contributed by atoms with Gasteiger partial charge in [-0.05, 0) is 82.6 Å². The average Bonchev–Trinajstić information content (AvgIpc) is 2.99. The molecule has 5 heteroatoms. The van der Waals surface area contributed by atoms with Crippen molar-refractivity contribution in [2.24, 2.45) is 0 Å². The maximum Gasteiger partial charge on any atom is 0.197 e. The van der Waals surface area contributed by atoms with E-state index in [0.717, 1.165) is 101 Å². The van der Waals surface area contributed by atoms with Crippen molar-refractivity contribution in [1.29, 1.82) is 0 Å². The summed E-state index contributed by atoms with van der Waals surface area (Å²) in [7, 11) is 0. The van der Waals surface area contributed by atoms with Crippen molar-refractivity contribution in [2.75, 3.05) is 19.8 Å². The highest BCUT2D eigenvalue weighted by atomic mass is 16.6. The molecule has 0 fully saturated rings. The summed E-state index contributed by atoms with van der Waals surface area (Å²) in [4.78, 5) is 0. The summed E-state index contributed by atoms with van der Waals surface area (Å²) in [6, 6.07) is 16.7. The molecule has 0 amide bonds. The van der Waals surface area contributed by atoms with Crippen molar-refractivity contribution in [1.82, 2.24) is 0 Å². The highest BCUT2D eigenvalue weighted by molar-refractivity contribution is 6.27. The standard InChI is InChI=1S/C36H48O5/c1-5-9-12-19-38-26-15-17-29-31(22-26)32-23-27(39-20-13-10-6-2)16-18-30(32)36-33(29)24-28(40-21-14-11-7-3)25-34(36)41-35(37)8-4/h15-18,22-25,35,37H,5-14,19-21H2,1-4H3. The highest BCUT2D eigenvalue weighted by Crippen LogP contribution is 2.44. The van der Waals surface area contributed by atoms with Crippen LogP contribution in [-0.4, -0.2) is 31.2 Å². The fourth-order valence-corrected chi connectivity index (χ4v) is 5.24. The molecule has 0 aromatic heterocycles. The Balaban J connectivity index is 1.88. The molecule has 0 spiro atoms. The Kier molecular flexibility index (Phi) is 11.8. The second-order valence-corrected chi connectivity index (χ2v) is 10.9. The maximum atomic E-state index is 10.5. The first kappa shape index (κ1) is 30.8. The van der Waals surface area contributed by atoms with Gasteiger partial charge >= 0.3 is 0 Å². The second-order valence-electron chi connectivity index (χ2n) is 10.9. The highest BCUT2D eigenvalue weighted by Gasteiger charge is 2.18. The molecule has 0 aliphatic rings. The van der Waals surface area contributed by atoms with E-state index in [1.165, 1.54) is 6.42 Å². The number of ether oxygens (including phenoxy) is 4. The predicted octanol–water partition coefficient (Wildman–Crippen LogP) is 9.96. The van der Waals surface area contributed by atoms with E-state index in [-0.39, 0.29) is 0 Å². The number of fused-ring (bicyclic) bond motifs is 6. The quantitative estimate of drug-likeness (QED) is 0.0745. The van der Waals surface area contributed by atoms with Crippen LogP contribution in [0.3, 0.4) is 0 Å². The number of hydrogen-bond donors (Lipinski definition) is 1. The van der Waals surface area contributed by atoms with E-state index in [1.807, 2.05) is 19.1 Å². The summed E-state index contributed by atoms with van der Waals surface area (Å²) >= 11 is 0. The van der Waals surface area contributed by atoms with Gasteiger partial charge in [-0.2, -0.15) is 0 Å². The minimum atomic E-state index is -0.903. The predicted molar refractivity (Wildman–Crippen MR) is 171 cm³/mol. The number of rotatable bonds is 18. The molecule has 0 saturated heterocycles. The molecule has 0 bridgehead atoms. The van der Waals surface area contributed by atoms with Crippen molar-refractivity contribution >= 4 is 32.3 Å². The van der Waals surface area contributed by atoms with E-state index >= 15 is 0 Å². The molecule has 1 N–H and O–H groups in total. The third-order valence-electron chi connectivity index (χ3n) is 7.57. The van der Waals surface area contributed by atoms with Gasteiger partial charge in [-0.3, -0.25) is 0 Å². The third-order valence-corrected chi connectivity index (χ3v) is 7.57. The summed E-state index contributed by atoms with van der Waals surface area (Å²) < 4.78 is 24.7. The van der Waals surface area contributed by atoms with E-state index < -0.39 is 6.29 Å². The Labute approximate surface area is 245 Å². The van der Waals surface area contributed by atoms with Gasteiger partial charge in [0.05, 0.1) is 19.8 Å². The second kappa shape index (κ2) is 15.7. The third kappa shape index (κ3) is 7.97. The summed E-state index contributed by atoms with van der Waals surface area (Å²) in [6.07, 6.45) is 9.58. The lowest BCUT2D eigenvalue weighted by atomic mass is 9.93. The molecule has 4 aromatic carbocycles. The number of aliphatic hydroxyl groups excluding tert-OH is 1. The van der Waals surface area contributed by atoms with Gasteiger partial charge in [-0.1, -0.05) is 72.3 Å². The number of unbranched alkanes of at least 4 members (excludes halogenated alkanes) is 6. The van der Waals surface area contributed by atoms with E-state index in [2.05, 4.69) is 57.2 Å². The molecular formula is C36H48O5. The van der Waals surface area contributed by atoms with E-state index in [1.54, 1.807) is 0 Å². The van der Waals surface area contributed by atoms with E-state index in [9.17, 15) is 5.11 Å². The van der Waals surface area contributed by atoms with Crippen LogP contribution in [0, 0.1) is 0 Å². The normalized spacial score (nSPS) is 12.2. The fourth-order valence-electron chi connectivity index (χ4n) is 5.24. The Morgan fingerprint density at radius 2 is 1.02 bits per heavy atom. The monoisotopic (exact) mass is 560 g/mol. The first-order valence-electron chi connectivity index (χ1n) is 15.8. The van der Waals surface area contributed by atoms with Gasteiger partial charge in [0.15, 0.2) is 6.29 Å². The molecule has 4 aromatic rings. The van der Waals surface area contributed by atoms with Crippen LogP contribution in [0.5, 0.6) is 23.0 Å². The topological polar surface area (TPSA) is 57.2 Å². The molecule has 0 radical (unpaired) electrons. The number of hydrogen-bond acceptors (Lipinski definition) is 5. The minimum absolute atomic E-state index is 0.489. The Morgan fingerprint density at radius 1 is 0.537 bits per heavy atom. The van der Waals surface area contributed by atoms with Crippen LogP contribution in [0.25, 0.3) is 32.3 Å². The van der Waals surface area contributed by atoms with Crippen molar-refractivity contribution in [3.8, 4) is 23.0 Å². The van der Waals surface area contributed by atoms with Crippen LogP contribution in [0.1, 0.15) is 91.9 Å². The zero-order valence-corrected chi connectivity index (χ0v) is 25.5. The molecule has 5 nitrogen and oxygen atoms in total. The lowest BCUT2D eigenvalue weighted by Crippen LogP contribution is -2.14. The number of aliphatic hydroxyl groups is 1. The van der Waals surface area contributed by atoms with Gasteiger partial charge < -0.3 is 24.1 Å². The first-order valence-corrected chi connectivity index (χ1v) is 15.8. The Morgan fingerprint density at radius 3 is 1.56 bits per heavy atom. The lowest BCUT2D eigenvalue weighted by molar-refractivity contribution is -0.0181. The molecule has 0 aliphatic heterocycles. The van der Waals surface area contributed by atoms with Gasteiger partial charge in [0, 0.05) is 17.9 Å². The molecule has 222 valence electrons. The van der Waals surface area contributed by atoms with E-state index in [0.29, 0.717) is 32.0 Å². The molecule has 1 unspecified atom stereocenters. The zero-order chi connectivity index (χ0) is 29.0. The largest absolute Gasteiger partial charge is 0.494 e. The Hall–Kier alpha value is -3.18. The summed E-state index contributed by atoms with van der Waals surface area (Å²) in [6.45, 7) is 10.6. The summed E-state index contributed by atoms with van der Waals surface area (Å²) in [5.41, 5.74) is 0. The van der Waals surface area contributed by atoms with Gasteiger partial charge in [0.2, 0.25) is 0 Å². The first-order chi connectivity index (χ1) is 20.1. The molecule has 0 aliphatic carbocycles. The van der Waals surface area contributed by atoms with Crippen LogP contribution >= 0.6 is 0 Å². The Bertz CT molecular complexity index is 1400. The van der Waals surface area contributed by atoms with Crippen LogP contribution < -0.4 is 18.9 Å². The smallest absolute Gasteiger partial charge is 0.197 e. The van der Waals surface area contributed by atoms with Crippen molar-refractivity contribution in [2.45, 2.75) is 98.2 Å². The SMILES string of the molecule is CCCCCOc1ccc2c(c1)c1cc(OCCCCC)ccc1c1c(OC(O)CC)cc(OCCCCC)cc21. The number of benzene rings is 4. The van der Waals surface area contributed by atoms with Gasteiger partial charge in [-0.15, -0.1) is 0 Å². The average molecular weight is 561 g/mol. The van der Waals surface area contributed by atoms with Crippen molar-refractivity contribution in [3.63, 3.8) is 0 Å². The fraction of sp³-hybridized carbons (Fsp3) is 0.500. The molecule has 41 heavy (non-hydrogen) atoms. The molecule has 1 atom stereocenters. The molecule has 0 heterocycles.